The van der Waals surface area contributed by atoms with E-state index in [4.69, 9.17) is 0 Å². The summed E-state index contributed by atoms with van der Waals surface area (Å²) < 4.78 is 27.1. The Morgan fingerprint density at radius 1 is 1.15 bits per heavy atom. The van der Waals surface area contributed by atoms with E-state index in [1.54, 1.807) is 6.07 Å². The van der Waals surface area contributed by atoms with Gasteiger partial charge in [0.25, 0.3) is 15.7 Å². The van der Waals surface area contributed by atoms with Crippen LogP contribution in [0.5, 0.6) is 0 Å². The van der Waals surface area contributed by atoms with E-state index in [1.807, 2.05) is 0 Å². The van der Waals surface area contributed by atoms with Crippen LogP contribution in [0.1, 0.15) is 0 Å². The van der Waals surface area contributed by atoms with Crippen LogP contribution >= 0.6 is 15.9 Å². The first-order valence-corrected chi connectivity index (χ1v) is 7.55. The molecule has 0 radical (unpaired) electrons. The van der Waals surface area contributed by atoms with E-state index in [0.29, 0.717) is 0 Å². The number of hydrogen-bond donors (Lipinski definition) is 1. The van der Waals surface area contributed by atoms with Crippen molar-refractivity contribution in [1.29, 1.82) is 0 Å². The molecule has 1 aromatic carbocycles. The number of hydrogen-bond acceptors (Lipinski definition) is 5. The number of aromatic nitrogens is 1. The Hall–Kier alpha value is -2.00. The first kappa shape index (κ1) is 14.4. The molecule has 0 bridgehead atoms. The molecule has 0 aliphatic carbocycles. The molecule has 0 amide bonds. The third-order valence-corrected chi connectivity index (χ3v) is 4.16. The van der Waals surface area contributed by atoms with Crippen LogP contribution < -0.4 is 4.72 Å². The van der Waals surface area contributed by atoms with Gasteiger partial charge in [-0.25, -0.2) is 13.4 Å². The summed E-state index contributed by atoms with van der Waals surface area (Å²) in [6.07, 6.45) is 1.45. The van der Waals surface area contributed by atoms with E-state index in [9.17, 15) is 18.5 Å². The average molecular weight is 358 g/mol. The Labute approximate surface area is 123 Å². The van der Waals surface area contributed by atoms with E-state index in [0.717, 1.165) is 16.6 Å². The van der Waals surface area contributed by atoms with E-state index < -0.39 is 14.9 Å². The topological polar surface area (TPSA) is 102 Å². The fourth-order valence-electron chi connectivity index (χ4n) is 1.38. The number of non-ortho nitro benzene ring substituents is 1. The highest BCUT2D eigenvalue weighted by Gasteiger charge is 2.16. The molecular formula is C11H8BrN3O4S. The number of benzene rings is 1. The maximum Gasteiger partial charge on any atom is 0.269 e. The van der Waals surface area contributed by atoms with Crippen molar-refractivity contribution in [2.45, 2.75) is 4.90 Å². The molecule has 1 heterocycles. The monoisotopic (exact) mass is 357 g/mol. The van der Waals surface area contributed by atoms with Gasteiger partial charge in [0.2, 0.25) is 0 Å². The van der Waals surface area contributed by atoms with Crippen LogP contribution in [-0.4, -0.2) is 18.3 Å². The molecule has 0 atom stereocenters. The minimum absolute atomic E-state index is 0.0761. The maximum atomic E-state index is 12.0. The third kappa shape index (κ3) is 3.31. The fraction of sp³-hybridized carbons (Fsp3) is 0. The van der Waals surface area contributed by atoms with Crippen molar-refractivity contribution in [1.82, 2.24) is 4.98 Å². The molecule has 0 saturated heterocycles. The number of nitrogens with one attached hydrogen (secondary N) is 1. The van der Waals surface area contributed by atoms with Crippen molar-refractivity contribution < 1.29 is 13.3 Å². The first-order chi connectivity index (χ1) is 9.38. The molecule has 0 spiro atoms. The number of sulfonamides is 1. The predicted octanol–water partition coefficient (Wildman–Crippen LogP) is 2.55. The molecule has 104 valence electrons. The lowest BCUT2D eigenvalue weighted by Gasteiger charge is -2.06. The van der Waals surface area contributed by atoms with E-state index >= 15 is 0 Å². The number of rotatable bonds is 4. The summed E-state index contributed by atoms with van der Waals surface area (Å²) >= 11 is 3.19. The summed E-state index contributed by atoms with van der Waals surface area (Å²) in [6.45, 7) is 0. The molecule has 0 aliphatic heterocycles. The molecule has 0 fully saturated rings. The minimum atomic E-state index is -3.82. The first-order valence-electron chi connectivity index (χ1n) is 5.27. The van der Waals surface area contributed by atoms with Gasteiger partial charge in [0, 0.05) is 22.8 Å². The van der Waals surface area contributed by atoms with Gasteiger partial charge in [-0.15, -0.1) is 0 Å². The van der Waals surface area contributed by atoms with Gasteiger partial charge in [0.05, 0.1) is 9.82 Å². The quantitative estimate of drug-likeness (QED) is 0.668. The van der Waals surface area contributed by atoms with Crippen LogP contribution in [0.3, 0.4) is 0 Å². The molecule has 0 aliphatic rings. The van der Waals surface area contributed by atoms with Crippen LogP contribution in [0.4, 0.5) is 11.5 Å². The van der Waals surface area contributed by atoms with Crippen molar-refractivity contribution in [2.75, 3.05) is 4.72 Å². The van der Waals surface area contributed by atoms with E-state index in [-0.39, 0.29) is 16.4 Å². The Kier molecular flexibility index (Phi) is 4.00. The largest absolute Gasteiger partial charge is 0.269 e. The zero-order chi connectivity index (χ0) is 14.8. The zero-order valence-corrected chi connectivity index (χ0v) is 12.3. The standard InChI is InChI=1S/C11H8BrN3O4S/c12-8-1-6-11(13-7-8)14-20(18,19)10-4-2-9(3-5-10)15(16)17/h1-7H,(H,13,14). The summed E-state index contributed by atoms with van der Waals surface area (Å²) in [5.74, 6) is 0.159. The summed E-state index contributed by atoms with van der Waals surface area (Å²) in [5, 5.41) is 10.5. The van der Waals surface area contributed by atoms with E-state index in [2.05, 4.69) is 25.6 Å². The normalized spacial score (nSPS) is 11.1. The second-order valence-corrected chi connectivity index (χ2v) is 6.32. The summed E-state index contributed by atoms with van der Waals surface area (Å²) in [7, 11) is -3.82. The van der Waals surface area contributed by atoms with Crippen LogP contribution in [0.2, 0.25) is 0 Å². The van der Waals surface area contributed by atoms with Crippen LogP contribution in [0.15, 0.2) is 52.0 Å². The van der Waals surface area contributed by atoms with Gasteiger partial charge in [-0.2, -0.15) is 0 Å². The highest BCUT2D eigenvalue weighted by Crippen LogP contribution is 2.19. The molecule has 0 unspecified atom stereocenters. The molecular weight excluding hydrogens is 350 g/mol. The van der Waals surface area contributed by atoms with Crippen molar-refractivity contribution in [3.8, 4) is 0 Å². The van der Waals surface area contributed by atoms with Crippen LogP contribution in [0, 0.1) is 10.1 Å². The second-order valence-electron chi connectivity index (χ2n) is 3.72. The Balaban J connectivity index is 2.26. The number of pyridine rings is 1. The molecule has 20 heavy (non-hydrogen) atoms. The number of halogens is 1. The molecule has 1 aromatic heterocycles. The predicted molar refractivity (Wildman–Crippen MR) is 75.8 cm³/mol. The average Bonchev–Trinajstić information content (AvgIpc) is 2.41. The van der Waals surface area contributed by atoms with Gasteiger partial charge < -0.3 is 0 Å². The van der Waals surface area contributed by atoms with Gasteiger partial charge in [-0.1, -0.05) is 0 Å². The lowest BCUT2D eigenvalue weighted by Crippen LogP contribution is -2.13. The van der Waals surface area contributed by atoms with Gasteiger partial charge in [0.15, 0.2) is 0 Å². The zero-order valence-electron chi connectivity index (χ0n) is 9.86. The summed E-state index contributed by atoms with van der Waals surface area (Å²) in [4.78, 5) is 13.7. The van der Waals surface area contributed by atoms with Gasteiger partial charge >= 0.3 is 0 Å². The Bertz CT molecular complexity index is 729. The number of anilines is 1. The van der Waals surface area contributed by atoms with Gasteiger partial charge in [0.1, 0.15) is 5.82 Å². The smallest absolute Gasteiger partial charge is 0.263 e. The maximum absolute atomic E-state index is 12.0. The number of nitrogens with zero attached hydrogens (tertiary/aromatic N) is 2. The Morgan fingerprint density at radius 3 is 2.30 bits per heavy atom. The summed E-state index contributed by atoms with van der Waals surface area (Å²) in [5.41, 5.74) is -0.175. The molecule has 0 saturated carbocycles. The van der Waals surface area contributed by atoms with E-state index in [1.165, 1.54) is 24.4 Å². The van der Waals surface area contributed by atoms with Crippen molar-refractivity contribution in [3.63, 3.8) is 0 Å². The molecule has 1 N–H and O–H groups in total. The van der Waals surface area contributed by atoms with Crippen LogP contribution in [0.25, 0.3) is 0 Å². The minimum Gasteiger partial charge on any atom is -0.263 e. The van der Waals surface area contributed by atoms with Crippen molar-refractivity contribution in [3.05, 3.63) is 57.2 Å². The molecule has 2 rings (SSSR count). The number of nitro benzene ring substituents is 1. The number of nitro groups is 1. The second kappa shape index (κ2) is 5.55. The van der Waals surface area contributed by atoms with Crippen LogP contribution in [-0.2, 0) is 10.0 Å². The fourth-order valence-corrected chi connectivity index (χ4v) is 2.62. The molecule has 2 aromatic rings. The van der Waals surface area contributed by atoms with Crippen molar-refractivity contribution >= 4 is 37.5 Å². The third-order valence-electron chi connectivity index (χ3n) is 2.32. The molecule has 9 heteroatoms. The highest BCUT2D eigenvalue weighted by atomic mass is 79.9. The molecule has 7 nitrogen and oxygen atoms in total. The highest BCUT2D eigenvalue weighted by molar-refractivity contribution is 9.10. The SMILES string of the molecule is O=[N+]([O-])c1ccc(S(=O)(=O)Nc2ccc(Br)cn2)cc1. The van der Waals surface area contributed by atoms with Crippen molar-refractivity contribution in [2.24, 2.45) is 0 Å². The Morgan fingerprint density at radius 2 is 1.80 bits per heavy atom. The summed E-state index contributed by atoms with van der Waals surface area (Å²) in [6, 6.07) is 7.72. The van der Waals surface area contributed by atoms with Gasteiger partial charge in [-0.05, 0) is 40.2 Å². The lowest BCUT2D eigenvalue weighted by atomic mass is 10.3. The lowest BCUT2D eigenvalue weighted by molar-refractivity contribution is -0.384. The van der Waals surface area contributed by atoms with Gasteiger partial charge in [-0.3, -0.25) is 14.8 Å².